The van der Waals surface area contributed by atoms with E-state index in [0.29, 0.717) is 5.56 Å². The average molecular weight is 365 g/mol. The first kappa shape index (κ1) is 18.2. The van der Waals surface area contributed by atoms with Gasteiger partial charge in [0.2, 0.25) is 0 Å². The van der Waals surface area contributed by atoms with E-state index in [1.165, 1.54) is 23.8 Å². The van der Waals surface area contributed by atoms with Gasteiger partial charge in [0.15, 0.2) is 0 Å². The Kier molecular flexibility index (Phi) is 4.17. The minimum atomic E-state index is -1.08. The van der Waals surface area contributed by atoms with Crippen LogP contribution in [0.4, 0.5) is 0 Å². The lowest BCUT2D eigenvalue weighted by Gasteiger charge is -2.60. The predicted molar refractivity (Wildman–Crippen MR) is 105 cm³/mol. The molecule has 2 aromatic rings. The van der Waals surface area contributed by atoms with E-state index in [2.05, 4.69) is 44.0 Å². The number of nitrogens with zero attached hydrogens (tertiary/aromatic N) is 1. The number of aliphatic hydroxyl groups is 1. The van der Waals surface area contributed by atoms with Crippen molar-refractivity contribution in [1.29, 1.82) is 0 Å². The molecule has 2 bridgehead atoms. The van der Waals surface area contributed by atoms with Crippen LogP contribution in [0.5, 0.6) is 0 Å². The SMILES string of the molecule is COC(=O)c1cccc(C2(O)[C@H]3Cc4ccc(C)cc4[C@@]2(C)CCN3C)c1. The lowest BCUT2D eigenvalue weighted by molar-refractivity contribution is -0.141. The van der Waals surface area contributed by atoms with Crippen LogP contribution < -0.4 is 0 Å². The van der Waals surface area contributed by atoms with Crippen LogP contribution in [-0.2, 0) is 22.2 Å². The number of methoxy groups -OCH3 is 1. The molecule has 4 heteroatoms. The molecule has 2 aromatic carbocycles. The van der Waals surface area contributed by atoms with Crippen LogP contribution in [0.3, 0.4) is 0 Å². The molecule has 1 aliphatic carbocycles. The van der Waals surface area contributed by atoms with Crippen LogP contribution >= 0.6 is 0 Å². The lowest BCUT2D eigenvalue weighted by atomic mass is 9.53. The summed E-state index contributed by atoms with van der Waals surface area (Å²) in [6.07, 6.45) is 1.65. The molecule has 0 aromatic heterocycles. The van der Waals surface area contributed by atoms with Gasteiger partial charge in [-0.1, -0.05) is 42.8 Å². The van der Waals surface area contributed by atoms with Crippen LogP contribution in [0.25, 0.3) is 0 Å². The van der Waals surface area contributed by atoms with Gasteiger partial charge in [0, 0.05) is 11.5 Å². The second kappa shape index (κ2) is 6.18. The second-order valence-corrected chi connectivity index (χ2v) is 8.28. The highest BCUT2D eigenvalue weighted by Gasteiger charge is 2.60. The van der Waals surface area contributed by atoms with Crippen LogP contribution in [0, 0.1) is 6.92 Å². The van der Waals surface area contributed by atoms with E-state index in [1.54, 1.807) is 12.1 Å². The number of piperidine rings is 1. The van der Waals surface area contributed by atoms with E-state index in [0.717, 1.165) is 24.9 Å². The summed E-state index contributed by atoms with van der Waals surface area (Å²) in [5.74, 6) is -0.379. The molecule has 0 saturated carbocycles. The quantitative estimate of drug-likeness (QED) is 0.831. The first-order chi connectivity index (χ1) is 12.8. The summed E-state index contributed by atoms with van der Waals surface area (Å²) in [5, 5.41) is 12.3. The number of likely N-dealkylation sites (N-methyl/N-ethyl adjacent to an activating group) is 1. The summed E-state index contributed by atoms with van der Waals surface area (Å²) in [6, 6.07) is 13.9. The Hall–Kier alpha value is -2.17. The summed E-state index contributed by atoms with van der Waals surface area (Å²) >= 11 is 0. The average Bonchev–Trinajstić information content (AvgIpc) is 2.67. The maximum atomic E-state index is 12.3. The zero-order chi connectivity index (χ0) is 19.4. The summed E-state index contributed by atoms with van der Waals surface area (Å²) in [4.78, 5) is 14.3. The van der Waals surface area contributed by atoms with E-state index in [1.807, 2.05) is 12.1 Å². The number of rotatable bonds is 2. The summed E-state index contributed by atoms with van der Waals surface area (Å²) in [6.45, 7) is 5.21. The van der Waals surface area contributed by atoms with E-state index in [-0.39, 0.29) is 12.0 Å². The van der Waals surface area contributed by atoms with Gasteiger partial charge in [0.25, 0.3) is 0 Å². The van der Waals surface area contributed by atoms with Crippen molar-refractivity contribution in [3.63, 3.8) is 0 Å². The number of ether oxygens (including phenoxy) is 1. The van der Waals surface area contributed by atoms with Crippen LogP contribution in [0.1, 0.15) is 46.0 Å². The van der Waals surface area contributed by atoms with Gasteiger partial charge in [-0.25, -0.2) is 4.79 Å². The van der Waals surface area contributed by atoms with Gasteiger partial charge in [0.05, 0.1) is 12.7 Å². The molecule has 142 valence electrons. The number of hydrogen-bond donors (Lipinski definition) is 1. The Morgan fingerprint density at radius 1 is 1.26 bits per heavy atom. The van der Waals surface area contributed by atoms with Gasteiger partial charge >= 0.3 is 5.97 Å². The molecule has 2 aliphatic rings. The normalized spacial score (nSPS) is 29.9. The van der Waals surface area contributed by atoms with E-state index in [4.69, 9.17) is 4.74 Å². The molecule has 4 nitrogen and oxygen atoms in total. The first-order valence-electron chi connectivity index (χ1n) is 9.53. The Balaban J connectivity index is 1.94. The molecular weight excluding hydrogens is 338 g/mol. The summed E-state index contributed by atoms with van der Waals surface area (Å²) in [5.41, 5.74) is 3.52. The smallest absolute Gasteiger partial charge is 0.337 e. The topological polar surface area (TPSA) is 49.8 Å². The molecule has 1 fully saturated rings. The molecule has 0 spiro atoms. The molecule has 4 rings (SSSR count). The number of carbonyl (C=O) groups excluding carboxylic acids is 1. The highest BCUT2D eigenvalue weighted by molar-refractivity contribution is 5.89. The molecular formula is C23H27NO3. The van der Waals surface area contributed by atoms with Gasteiger partial charge in [-0.05, 0) is 62.2 Å². The van der Waals surface area contributed by atoms with Crippen molar-refractivity contribution in [2.75, 3.05) is 20.7 Å². The van der Waals surface area contributed by atoms with E-state index >= 15 is 0 Å². The molecule has 27 heavy (non-hydrogen) atoms. The number of benzene rings is 2. The van der Waals surface area contributed by atoms with Crippen molar-refractivity contribution in [2.24, 2.45) is 0 Å². The van der Waals surface area contributed by atoms with Gasteiger partial charge in [-0.3, -0.25) is 4.90 Å². The van der Waals surface area contributed by atoms with Crippen LogP contribution in [0.15, 0.2) is 42.5 Å². The third-order valence-corrected chi connectivity index (χ3v) is 6.82. The first-order valence-corrected chi connectivity index (χ1v) is 9.53. The summed E-state index contributed by atoms with van der Waals surface area (Å²) < 4.78 is 4.89. The van der Waals surface area contributed by atoms with E-state index in [9.17, 15) is 9.90 Å². The molecule has 1 aliphatic heterocycles. The number of hydrogen-bond acceptors (Lipinski definition) is 4. The maximum Gasteiger partial charge on any atom is 0.337 e. The zero-order valence-corrected chi connectivity index (χ0v) is 16.5. The monoisotopic (exact) mass is 365 g/mol. The summed E-state index contributed by atoms with van der Waals surface area (Å²) in [7, 11) is 3.46. The fourth-order valence-corrected chi connectivity index (χ4v) is 5.18. The maximum absolute atomic E-state index is 12.3. The molecule has 3 atom stereocenters. The Morgan fingerprint density at radius 3 is 2.78 bits per heavy atom. The molecule has 1 unspecified atom stereocenters. The van der Waals surface area contributed by atoms with Crippen molar-refractivity contribution in [3.8, 4) is 0 Å². The fourth-order valence-electron chi connectivity index (χ4n) is 5.18. The van der Waals surface area contributed by atoms with Crippen molar-refractivity contribution in [1.82, 2.24) is 4.90 Å². The van der Waals surface area contributed by atoms with Crippen molar-refractivity contribution in [2.45, 2.75) is 43.7 Å². The van der Waals surface area contributed by atoms with Gasteiger partial charge < -0.3 is 9.84 Å². The van der Waals surface area contributed by atoms with Crippen molar-refractivity contribution in [3.05, 3.63) is 70.3 Å². The van der Waals surface area contributed by atoms with Crippen molar-refractivity contribution < 1.29 is 14.6 Å². The highest BCUT2D eigenvalue weighted by Crippen LogP contribution is 2.55. The number of fused-ring (bicyclic) bond motifs is 4. The molecule has 0 amide bonds. The molecule has 0 radical (unpaired) electrons. The Bertz CT molecular complexity index is 908. The molecule has 1 heterocycles. The Labute approximate surface area is 160 Å². The molecule has 1 saturated heterocycles. The Morgan fingerprint density at radius 2 is 2.04 bits per heavy atom. The predicted octanol–water partition coefficient (Wildman–Crippen LogP) is 3.19. The van der Waals surface area contributed by atoms with E-state index < -0.39 is 11.0 Å². The number of carbonyl (C=O) groups is 1. The standard InChI is InChI=1S/C23H27NO3/c1-15-8-9-16-14-20-23(26,18-7-5-6-17(13-18)21(25)27-4)22(2,19(16)12-15)10-11-24(20)3/h5-9,12-13,20,26H,10-11,14H2,1-4H3/t20-,22-,23?/m1/s1. The van der Waals surface area contributed by atoms with Crippen LogP contribution in [0.2, 0.25) is 0 Å². The van der Waals surface area contributed by atoms with Gasteiger partial charge in [0.1, 0.15) is 5.60 Å². The minimum Gasteiger partial charge on any atom is -0.465 e. The van der Waals surface area contributed by atoms with Gasteiger partial charge in [-0.2, -0.15) is 0 Å². The minimum absolute atomic E-state index is 0.0423. The largest absolute Gasteiger partial charge is 0.465 e. The zero-order valence-electron chi connectivity index (χ0n) is 16.5. The highest BCUT2D eigenvalue weighted by atomic mass is 16.5. The third-order valence-electron chi connectivity index (χ3n) is 6.82. The fraction of sp³-hybridized carbons (Fsp3) is 0.435. The number of likely N-dealkylation sites (tertiary alicyclic amines) is 1. The number of aryl methyl sites for hydroxylation is 1. The number of esters is 1. The lowest BCUT2D eigenvalue weighted by Crippen LogP contribution is -2.67. The second-order valence-electron chi connectivity index (χ2n) is 8.28. The van der Waals surface area contributed by atoms with Crippen LogP contribution in [-0.4, -0.2) is 42.7 Å². The van der Waals surface area contributed by atoms with Gasteiger partial charge in [-0.15, -0.1) is 0 Å². The molecule has 1 N–H and O–H groups in total. The third kappa shape index (κ3) is 2.47. The van der Waals surface area contributed by atoms with Crippen molar-refractivity contribution >= 4 is 5.97 Å².